The van der Waals surface area contributed by atoms with Gasteiger partial charge in [-0.15, -0.1) is 0 Å². The lowest BCUT2D eigenvalue weighted by Gasteiger charge is -2.31. The average Bonchev–Trinajstić information content (AvgIpc) is 2.52. The van der Waals surface area contributed by atoms with E-state index in [1.54, 1.807) is 11.8 Å². The van der Waals surface area contributed by atoms with E-state index in [2.05, 4.69) is 21.2 Å². The van der Waals surface area contributed by atoms with Gasteiger partial charge in [0.15, 0.2) is 0 Å². The average molecular weight is 339 g/mol. The van der Waals surface area contributed by atoms with E-state index in [4.69, 9.17) is 0 Å². The van der Waals surface area contributed by atoms with Crippen LogP contribution in [0.2, 0.25) is 0 Å². The molecule has 1 aliphatic heterocycles. The Kier molecular flexibility index (Phi) is 4.18. The van der Waals surface area contributed by atoms with E-state index < -0.39 is 5.54 Å². The van der Waals surface area contributed by atoms with Crippen molar-refractivity contribution < 1.29 is 9.59 Å². The van der Waals surface area contributed by atoms with Crippen LogP contribution in [-0.2, 0) is 9.59 Å². The number of nitrogens with one attached hydrogen (secondary N) is 1. The quantitative estimate of drug-likeness (QED) is 0.901. The number of benzene rings is 1. The Bertz CT molecular complexity index is 559. The van der Waals surface area contributed by atoms with E-state index in [1.165, 1.54) is 0 Å². The first-order chi connectivity index (χ1) is 9.37. The molecule has 0 bridgehead atoms. The van der Waals surface area contributed by atoms with Crippen LogP contribution in [0.15, 0.2) is 22.7 Å². The van der Waals surface area contributed by atoms with E-state index in [0.717, 1.165) is 15.7 Å². The Morgan fingerprint density at radius 1 is 1.40 bits per heavy atom. The van der Waals surface area contributed by atoms with Gasteiger partial charge in [0.25, 0.3) is 5.91 Å². The molecule has 0 aromatic heterocycles. The molecule has 0 aliphatic carbocycles. The fourth-order valence-corrected chi connectivity index (χ4v) is 2.64. The topological polar surface area (TPSA) is 49.4 Å². The summed E-state index contributed by atoms with van der Waals surface area (Å²) in [7, 11) is 0. The first kappa shape index (κ1) is 15.0. The highest BCUT2D eigenvalue weighted by molar-refractivity contribution is 9.10. The van der Waals surface area contributed by atoms with Crippen molar-refractivity contribution >= 4 is 33.4 Å². The number of halogens is 1. The second-order valence-corrected chi connectivity index (χ2v) is 6.23. The van der Waals surface area contributed by atoms with Crippen LogP contribution >= 0.6 is 15.9 Å². The standard InChI is InChI=1S/C15H19BrN2O2/c1-4-15(3)14(20)18(8-7-13(19)17-15)11-6-5-10(2)12(16)9-11/h5-6,9H,4,7-8H2,1-3H3,(H,17,19). The molecule has 0 radical (unpaired) electrons. The Morgan fingerprint density at radius 3 is 2.70 bits per heavy atom. The maximum absolute atomic E-state index is 12.7. The summed E-state index contributed by atoms with van der Waals surface area (Å²) < 4.78 is 0.963. The summed E-state index contributed by atoms with van der Waals surface area (Å²) >= 11 is 3.49. The zero-order valence-corrected chi connectivity index (χ0v) is 13.6. The molecule has 5 heteroatoms. The number of carbonyl (C=O) groups is 2. The summed E-state index contributed by atoms with van der Waals surface area (Å²) in [5, 5.41) is 2.84. The second-order valence-electron chi connectivity index (χ2n) is 5.37. The Morgan fingerprint density at radius 2 is 2.10 bits per heavy atom. The van der Waals surface area contributed by atoms with Gasteiger partial charge in [-0.1, -0.05) is 28.9 Å². The smallest absolute Gasteiger partial charge is 0.252 e. The SMILES string of the molecule is CCC1(C)NC(=O)CCN(c2ccc(C)c(Br)c2)C1=O. The van der Waals surface area contributed by atoms with Gasteiger partial charge in [-0.05, 0) is 38.0 Å². The van der Waals surface area contributed by atoms with Gasteiger partial charge in [-0.2, -0.15) is 0 Å². The molecular weight excluding hydrogens is 320 g/mol. The molecule has 2 amide bonds. The Hall–Kier alpha value is -1.36. The number of rotatable bonds is 2. The van der Waals surface area contributed by atoms with Crippen molar-refractivity contribution in [2.75, 3.05) is 11.4 Å². The van der Waals surface area contributed by atoms with Gasteiger partial charge < -0.3 is 10.2 Å². The summed E-state index contributed by atoms with van der Waals surface area (Å²) in [6.45, 7) is 6.11. The third-order valence-electron chi connectivity index (χ3n) is 3.87. The summed E-state index contributed by atoms with van der Waals surface area (Å²) in [5.41, 5.74) is 1.11. The third-order valence-corrected chi connectivity index (χ3v) is 4.72. The van der Waals surface area contributed by atoms with Crippen molar-refractivity contribution in [3.63, 3.8) is 0 Å². The van der Waals surface area contributed by atoms with Crippen LogP contribution in [0.3, 0.4) is 0 Å². The van der Waals surface area contributed by atoms with Crippen molar-refractivity contribution in [1.82, 2.24) is 5.32 Å². The number of hydrogen-bond donors (Lipinski definition) is 1. The van der Waals surface area contributed by atoms with Crippen molar-refractivity contribution in [2.24, 2.45) is 0 Å². The zero-order chi connectivity index (χ0) is 14.9. The highest BCUT2D eigenvalue weighted by Gasteiger charge is 2.39. The molecule has 0 saturated carbocycles. The van der Waals surface area contributed by atoms with Gasteiger partial charge in [0.05, 0.1) is 0 Å². The molecule has 1 aromatic carbocycles. The maximum atomic E-state index is 12.7. The minimum absolute atomic E-state index is 0.0541. The molecule has 1 N–H and O–H groups in total. The molecule has 1 aliphatic rings. The predicted octanol–water partition coefficient (Wildman–Crippen LogP) is 2.78. The van der Waals surface area contributed by atoms with Crippen molar-refractivity contribution in [2.45, 2.75) is 39.2 Å². The number of aryl methyl sites for hydroxylation is 1. The lowest BCUT2D eigenvalue weighted by Crippen LogP contribution is -2.54. The van der Waals surface area contributed by atoms with Crippen LogP contribution in [-0.4, -0.2) is 23.9 Å². The Balaban J connectivity index is 2.41. The highest BCUT2D eigenvalue weighted by atomic mass is 79.9. The van der Waals surface area contributed by atoms with E-state index in [0.29, 0.717) is 19.4 Å². The molecule has 1 unspecified atom stereocenters. The van der Waals surface area contributed by atoms with E-state index >= 15 is 0 Å². The zero-order valence-electron chi connectivity index (χ0n) is 12.0. The number of hydrogen-bond acceptors (Lipinski definition) is 2. The van der Waals surface area contributed by atoms with Gasteiger partial charge in [-0.25, -0.2) is 0 Å². The Labute approximate surface area is 127 Å². The fourth-order valence-electron chi connectivity index (χ4n) is 2.27. The van der Waals surface area contributed by atoms with Gasteiger partial charge in [-0.3, -0.25) is 9.59 Å². The molecule has 20 heavy (non-hydrogen) atoms. The van der Waals surface area contributed by atoms with Gasteiger partial charge in [0, 0.05) is 23.1 Å². The van der Waals surface area contributed by atoms with Gasteiger partial charge >= 0.3 is 0 Å². The molecule has 4 nitrogen and oxygen atoms in total. The van der Waals surface area contributed by atoms with E-state index in [1.807, 2.05) is 32.0 Å². The summed E-state index contributed by atoms with van der Waals surface area (Å²) in [5.74, 6) is -0.127. The molecular formula is C15H19BrN2O2. The molecule has 1 saturated heterocycles. The fraction of sp³-hybridized carbons (Fsp3) is 0.467. The van der Waals surface area contributed by atoms with Crippen LogP contribution in [0.5, 0.6) is 0 Å². The van der Waals surface area contributed by atoms with Crippen LogP contribution in [0, 0.1) is 6.92 Å². The number of carbonyl (C=O) groups excluding carboxylic acids is 2. The van der Waals surface area contributed by atoms with Crippen LogP contribution in [0.25, 0.3) is 0 Å². The lowest BCUT2D eigenvalue weighted by molar-refractivity contribution is -0.129. The lowest BCUT2D eigenvalue weighted by atomic mass is 9.97. The normalized spacial score (nSPS) is 23.5. The summed E-state index contributed by atoms with van der Waals surface area (Å²) in [6, 6.07) is 5.82. The molecule has 1 fully saturated rings. The summed E-state index contributed by atoms with van der Waals surface area (Å²) in [6.07, 6.45) is 0.897. The molecule has 108 valence electrons. The van der Waals surface area contributed by atoms with E-state index in [9.17, 15) is 9.59 Å². The second kappa shape index (κ2) is 5.56. The predicted molar refractivity (Wildman–Crippen MR) is 82.7 cm³/mol. The minimum Gasteiger partial charge on any atom is -0.342 e. The molecule has 2 rings (SSSR count). The molecule has 1 heterocycles. The maximum Gasteiger partial charge on any atom is 0.252 e. The van der Waals surface area contributed by atoms with Crippen LogP contribution < -0.4 is 10.2 Å². The van der Waals surface area contributed by atoms with Crippen molar-refractivity contribution in [3.05, 3.63) is 28.2 Å². The van der Waals surface area contributed by atoms with Crippen LogP contribution in [0.1, 0.15) is 32.3 Å². The largest absolute Gasteiger partial charge is 0.342 e. The monoisotopic (exact) mass is 338 g/mol. The van der Waals surface area contributed by atoms with Crippen LogP contribution in [0.4, 0.5) is 5.69 Å². The molecule has 1 atom stereocenters. The molecule has 1 aromatic rings. The first-order valence-electron chi connectivity index (χ1n) is 6.76. The molecule has 0 spiro atoms. The number of nitrogens with zero attached hydrogens (tertiary/aromatic N) is 1. The number of amides is 2. The highest BCUT2D eigenvalue weighted by Crippen LogP contribution is 2.27. The minimum atomic E-state index is -0.828. The first-order valence-corrected chi connectivity index (χ1v) is 7.56. The van der Waals surface area contributed by atoms with Crippen molar-refractivity contribution in [1.29, 1.82) is 0 Å². The number of anilines is 1. The van der Waals surface area contributed by atoms with Gasteiger partial charge in [0.2, 0.25) is 5.91 Å². The third kappa shape index (κ3) is 2.73. The van der Waals surface area contributed by atoms with Crippen molar-refractivity contribution in [3.8, 4) is 0 Å². The summed E-state index contributed by atoms with van der Waals surface area (Å²) in [4.78, 5) is 26.2. The van der Waals surface area contributed by atoms with E-state index in [-0.39, 0.29) is 11.8 Å². The van der Waals surface area contributed by atoms with Gasteiger partial charge in [0.1, 0.15) is 5.54 Å².